The lowest BCUT2D eigenvalue weighted by Gasteiger charge is -2.23. The molecule has 31 heavy (non-hydrogen) atoms. The lowest BCUT2D eigenvalue weighted by molar-refractivity contribution is 0.102. The molecule has 3 aromatic rings. The Morgan fingerprint density at radius 2 is 1.94 bits per heavy atom. The van der Waals surface area contributed by atoms with Gasteiger partial charge in [0.1, 0.15) is 5.01 Å². The molecular weight excluding hydrogens is 446 g/mol. The molecule has 1 amide bonds. The Balaban J connectivity index is 1.56. The molecule has 1 atom stereocenters. The van der Waals surface area contributed by atoms with Crippen LogP contribution in [0.4, 0.5) is 14.5 Å². The third-order valence-corrected chi connectivity index (χ3v) is 8.07. The molecule has 1 N–H and O–H groups in total. The first kappa shape index (κ1) is 21.5. The van der Waals surface area contributed by atoms with E-state index in [1.54, 1.807) is 31.2 Å². The SMILES string of the molecule is Cc1ccccc1S(=O)(=O)N1CCC[C@@H]1c1nnc(C(=O)Nc2ccc(F)c(F)c2)s1. The summed E-state index contributed by atoms with van der Waals surface area (Å²) >= 11 is 0.976. The van der Waals surface area contributed by atoms with Crippen molar-refractivity contribution in [3.63, 3.8) is 0 Å². The molecule has 162 valence electrons. The van der Waals surface area contributed by atoms with E-state index in [4.69, 9.17) is 0 Å². The average Bonchev–Trinajstić information content (AvgIpc) is 3.40. The minimum Gasteiger partial charge on any atom is -0.320 e. The van der Waals surface area contributed by atoms with Crippen LogP contribution in [0.3, 0.4) is 0 Å². The van der Waals surface area contributed by atoms with Gasteiger partial charge in [-0.25, -0.2) is 17.2 Å². The summed E-state index contributed by atoms with van der Waals surface area (Å²) in [6.45, 7) is 2.08. The lowest BCUT2D eigenvalue weighted by Crippen LogP contribution is -2.31. The molecule has 2 heterocycles. The number of nitrogens with one attached hydrogen (secondary N) is 1. The van der Waals surface area contributed by atoms with E-state index in [1.165, 1.54) is 10.4 Å². The summed E-state index contributed by atoms with van der Waals surface area (Å²) < 4.78 is 54.2. The Hall–Kier alpha value is -2.76. The van der Waals surface area contributed by atoms with Crippen LogP contribution in [0.1, 0.15) is 39.3 Å². The first-order chi connectivity index (χ1) is 14.8. The van der Waals surface area contributed by atoms with E-state index in [-0.39, 0.29) is 15.6 Å². The molecule has 2 aromatic carbocycles. The van der Waals surface area contributed by atoms with Crippen LogP contribution in [0.15, 0.2) is 47.4 Å². The summed E-state index contributed by atoms with van der Waals surface area (Å²) in [4.78, 5) is 12.7. The predicted octanol–water partition coefficient (Wildman–Crippen LogP) is 3.90. The minimum atomic E-state index is -3.74. The molecule has 0 radical (unpaired) electrons. The molecule has 1 fully saturated rings. The molecular formula is C20H18F2N4O3S2. The first-order valence-corrected chi connectivity index (χ1v) is 11.7. The first-order valence-electron chi connectivity index (χ1n) is 9.44. The van der Waals surface area contributed by atoms with Crippen LogP contribution >= 0.6 is 11.3 Å². The van der Waals surface area contributed by atoms with Crippen LogP contribution in [0, 0.1) is 18.6 Å². The van der Waals surface area contributed by atoms with Crippen molar-refractivity contribution < 1.29 is 22.0 Å². The molecule has 7 nitrogen and oxygen atoms in total. The van der Waals surface area contributed by atoms with Crippen molar-refractivity contribution >= 4 is 33.0 Å². The van der Waals surface area contributed by atoms with Crippen LogP contribution in [0.5, 0.6) is 0 Å². The number of carbonyl (C=O) groups excluding carboxylic acids is 1. The highest BCUT2D eigenvalue weighted by Crippen LogP contribution is 2.38. The van der Waals surface area contributed by atoms with Crippen LogP contribution in [-0.2, 0) is 10.0 Å². The molecule has 1 aromatic heterocycles. The fraction of sp³-hybridized carbons (Fsp3) is 0.250. The van der Waals surface area contributed by atoms with Crippen LogP contribution in [-0.4, -0.2) is 35.4 Å². The molecule has 1 aliphatic heterocycles. The molecule has 0 spiro atoms. The van der Waals surface area contributed by atoms with Gasteiger partial charge in [-0.05, 0) is 43.5 Å². The standard InChI is InChI=1S/C20H18F2N4O3S2/c1-12-5-2-3-7-17(12)31(28,29)26-10-4-6-16(26)19-24-25-20(30-19)18(27)23-13-8-9-14(21)15(22)11-13/h2-3,5,7-9,11,16H,4,6,10H2,1H3,(H,23,27)/t16-/m1/s1. The van der Waals surface area contributed by atoms with Gasteiger partial charge in [0.25, 0.3) is 5.91 Å². The Morgan fingerprint density at radius 1 is 1.16 bits per heavy atom. The molecule has 0 bridgehead atoms. The fourth-order valence-electron chi connectivity index (χ4n) is 3.47. The van der Waals surface area contributed by atoms with E-state index in [0.717, 1.165) is 23.5 Å². The molecule has 4 rings (SSSR count). The molecule has 11 heteroatoms. The van der Waals surface area contributed by atoms with Crippen molar-refractivity contribution in [1.29, 1.82) is 0 Å². The molecule has 0 unspecified atom stereocenters. The van der Waals surface area contributed by atoms with Gasteiger partial charge in [0.2, 0.25) is 15.0 Å². The van der Waals surface area contributed by atoms with Crippen molar-refractivity contribution in [3.05, 3.63) is 69.7 Å². The third-order valence-electron chi connectivity index (χ3n) is 4.98. The largest absolute Gasteiger partial charge is 0.320 e. The van der Waals surface area contributed by atoms with E-state index >= 15 is 0 Å². The van der Waals surface area contributed by atoms with Gasteiger partial charge in [0, 0.05) is 18.3 Å². The second-order valence-corrected chi connectivity index (χ2v) is 9.94. The summed E-state index contributed by atoms with van der Waals surface area (Å²) in [5.74, 6) is -2.74. The van der Waals surface area contributed by atoms with E-state index < -0.39 is 33.6 Å². The number of halogens is 2. The second-order valence-electron chi connectivity index (χ2n) is 7.07. The van der Waals surface area contributed by atoms with Crippen molar-refractivity contribution in [2.45, 2.75) is 30.7 Å². The normalized spacial score (nSPS) is 17.1. The van der Waals surface area contributed by atoms with Gasteiger partial charge in [-0.15, -0.1) is 10.2 Å². The number of amides is 1. The highest BCUT2D eigenvalue weighted by atomic mass is 32.2. The van der Waals surface area contributed by atoms with Gasteiger partial charge in [-0.3, -0.25) is 4.79 Å². The zero-order chi connectivity index (χ0) is 22.2. The number of benzene rings is 2. The highest BCUT2D eigenvalue weighted by Gasteiger charge is 2.39. The number of nitrogens with zero attached hydrogens (tertiary/aromatic N) is 3. The van der Waals surface area contributed by atoms with Crippen molar-refractivity contribution in [2.24, 2.45) is 0 Å². The Kier molecular flexibility index (Phi) is 5.82. The van der Waals surface area contributed by atoms with E-state index in [1.807, 2.05) is 0 Å². The number of aromatic nitrogens is 2. The number of aryl methyl sites for hydroxylation is 1. The Bertz CT molecular complexity index is 1250. The smallest absolute Gasteiger partial charge is 0.286 e. The van der Waals surface area contributed by atoms with Gasteiger partial charge >= 0.3 is 0 Å². The summed E-state index contributed by atoms with van der Waals surface area (Å²) in [6.07, 6.45) is 1.22. The molecule has 1 saturated heterocycles. The van der Waals surface area contributed by atoms with Gasteiger partial charge in [-0.2, -0.15) is 4.31 Å². The molecule has 1 aliphatic rings. The molecule has 0 saturated carbocycles. The summed E-state index contributed by atoms with van der Waals surface area (Å²) in [6, 6.07) is 9.24. The zero-order valence-corrected chi connectivity index (χ0v) is 18.0. The van der Waals surface area contributed by atoms with Gasteiger partial charge < -0.3 is 5.32 Å². The zero-order valence-electron chi connectivity index (χ0n) is 16.4. The number of sulfonamides is 1. The fourth-order valence-corrected chi connectivity index (χ4v) is 6.31. The van der Waals surface area contributed by atoms with Crippen molar-refractivity contribution in [2.75, 3.05) is 11.9 Å². The van der Waals surface area contributed by atoms with Crippen LogP contribution < -0.4 is 5.32 Å². The Morgan fingerprint density at radius 3 is 2.68 bits per heavy atom. The van der Waals surface area contributed by atoms with Crippen LogP contribution in [0.25, 0.3) is 0 Å². The number of rotatable bonds is 5. The molecule has 0 aliphatic carbocycles. The van der Waals surface area contributed by atoms with E-state index in [0.29, 0.717) is 30.0 Å². The maximum absolute atomic E-state index is 13.3. The number of anilines is 1. The number of hydrogen-bond acceptors (Lipinski definition) is 6. The average molecular weight is 465 g/mol. The van der Waals surface area contributed by atoms with Crippen molar-refractivity contribution in [1.82, 2.24) is 14.5 Å². The van der Waals surface area contributed by atoms with E-state index in [9.17, 15) is 22.0 Å². The van der Waals surface area contributed by atoms with Crippen LogP contribution in [0.2, 0.25) is 0 Å². The topological polar surface area (TPSA) is 92.3 Å². The highest BCUT2D eigenvalue weighted by molar-refractivity contribution is 7.89. The second kappa shape index (κ2) is 8.40. The van der Waals surface area contributed by atoms with Gasteiger partial charge in [0.15, 0.2) is 11.6 Å². The third kappa shape index (κ3) is 4.21. The van der Waals surface area contributed by atoms with Gasteiger partial charge in [0.05, 0.1) is 10.9 Å². The van der Waals surface area contributed by atoms with Crippen molar-refractivity contribution in [3.8, 4) is 0 Å². The predicted molar refractivity (Wildman–Crippen MR) is 111 cm³/mol. The summed E-state index contributed by atoms with van der Waals surface area (Å²) in [5.41, 5.74) is 0.724. The number of hydrogen-bond donors (Lipinski definition) is 1. The quantitative estimate of drug-likeness (QED) is 0.618. The number of carbonyl (C=O) groups is 1. The monoisotopic (exact) mass is 464 g/mol. The maximum atomic E-state index is 13.3. The maximum Gasteiger partial charge on any atom is 0.286 e. The van der Waals surface area contributed by atoms with E-state index in [2.05, 4.69) is 15.5 Å². The minimum absolute atomic E-state index is 0.000118. The summed E-state index contributed by atoms with van der Waals surface area (Å²) in [7, 11) is -3.74. The summed E-state index contributed by atoms with van der Waals surface area (Å²) in [5, 5.41) is 10.8. The van der Waals surface area contributed by atoms with Gasteiger partial charge in [-0.1, -0.05) is 29.5 Å². The lowest BCUT2D eigenvalue weighted by atomic mass is 10.2. The Labute approximate surface area is 181 Å².